The van der Waals surface area contributed by atoms with Crippen LogP contribution < -0.4 is 10.6 Å². The summed E-state index contributed by atoms with van der Waals surface area (Å²) in [5, 5.41) is 5.70. The van der Waals surface area contributed by atoms with Crippen molar-refractivity contribution in [3.05, 3.63) is 76.8 Å². The van der Waals surface area contributed by atoms with Gasteiger partial charge in [-0.1, -0.05) is 12.1 Å². The van der Waals surface area contributed by atoms with E-state index in [-0.39, 0.29) is 23.4 Å². The molecule has 0 unspecified atom stereocenters. The van der Waals surface area contributed by atoms with Crippen molar-refractivity contribution in [3.63, 3.8) is 0 Å². The minimum Gasteiger partial charge on any atom is -0.324 e. The normalized spacial score (nSPS) is 10.2. The summed E-state index contributed by atoms with van der Waals surface area (Å²) in [6, 6.07) is 14.6. The van der Waals surface area contributed by atoms with Crippen LogP contribution in [0.1, 0.15) is 10.5 Å². The van der Waals surface area contributed by atoms with Gasteiger partial charge in [-0.15, -0.1) is 0 Å². The van der Waals surface area contributed by atoms with Crippen LogP contribution in [0.5, 0.6) is 0 Å². The molecule has 0 bridgehead atoms. The molecule has 1 amide bonds. The number of amides is 1. The number of halogens is 2. The number of aromatic nitrogens is 2. The Balaban J connectivity index is 1.76. The fourth-order valence-corrected chi connectivity index (χ4v) is 2.34. The maximum absolute atomic E-state index is 12.9. The van der Waals surface area contributed by atoms with Crippen LogP contribution in [-0.2, 0) is 0 Å². The zero-order chi connectivity index (χ0) is 16.9. The molecule has 2 aromatic carbocycles. The third-order valence-electron chi connectivity index (χ3n) is 3.11. The highest BCUT2D eigenvalue weighted by Gasteiger charge is 2.11. The standard InChI is InChI=1S/C17H12BrFN4O/c18-13-3-1-2-4-14(13)22-16(24)15-9-10-20-17(23-15)21-12-7-5-11(19)6-8-12/h1-10H,(H,22,24)(H,20,21,23). The van der Waals surface area contributed by atoms with E-state index >= 15 is 0 Å². The Morgan fingerprint density at radius 3 is 2.54 bits per heavy atom. The zero-order valence-corrected chi connectivity index (χ0v) is 13.9. The van der Waals surface area contributed by atoms with Crippen molar-refractivity contribution in [2.75, 3.05) is 10.6 Å². The van der Waals surface area contributed by atoms with Gasteiger partial charge >= 0.3 is 0 Å². The number of hydrogen-bond acceptors (Lipinski definition) is 4. The number of rotatable bonds is 4. The number of para-hydroxylation sites is 1. The van der Waals surface area contributed by atoms with E-state index in [0.29, 0.717) is 11.4 Å². The SMILES string of the molecule is O=C(Nc1ccccc1Br)c1ccnc(Nc2ccc(F)cc2)n1. The maximum atomic E-state index is 12.9. The highest BCUT2D eigenvalue weighted by atomic mass is 79.9. The number of nitrogens with zero attached hydrogens (tertiary/aromatic N) is 2. The fourth-order valence-electron chi connectivity index (χ4n) is 1.96. The molecule has 0 aliphatic rings. The van der Waals surface area contributed by atoms with Gasteiger partial charge in [0.25, 0.3) is 5.91 Å². The molecule has 0 fully saturated rings. The van der Waals surface area contributed by atoms with Crippen LogP contribution >= 0.6 is 15.9 Å². The largest absolute Gasteiger partial charge is 0.324 e. The quantitative estimate of drug-likeness (QED) is 0.698. The summed E-state index contributed by atoms with van der Waals surface area (Å²) >= 11 is 3.37. The van der Waals surface area contributed by atoms with Gasteiger partial charge in [0, 0.05) is 16.4 Å². The molecule has 7 heteroatoms. The van der Waals surface area contributed by atoms with E-state index in [4.69, 9.17) is 0 Å². The molecule has 5 nitrogen and oxygen atoms in total. The summed E-state index contributed by atoms with van der Waals surface area (Å²) in [4.78, 5) is 20.5. The molecule has 1 heterocycles. The first kappa shape index (κ1) is 16.1. The molecule has 3 aromatic rings. The smallest absolute Gasteiger partial charge is 0.274 e. The first-order chi connectivity index (χ1) is 11.6. The lowest BCUT2D eigenvalue weighted by Crippen LogP contribution is -2.15. The monoisotopic (exact) mass is 386 g/mol. The van der Waals surface area contributed by atoms with E-state index in [9.17, 15) is 9.18 Å². The molecule has 0 aliphatic heterocycles. The van der Waals surface area contributed by atoms with E-state index in [1.807, 2.05) is 18.2 Å². The number of carbonyl (C=O) groups is 1. The predicted molar refractivity (Wildman–Crippen MR) is 93.8 cm³/mol. The van der Waals surface area contributed by atoms with Gasteiger partial charge in [0.1, 0.15) is 11.5 Å². The third kappa shape index (κ3) is 3.94. The highest BCUT2D eigenvalue weighted by molar-refractivity contribution is 9.10. The summed E-state index contributed by atoms with van der Waals surface area (Å²) in [6.07, 6.45) is 1.48. The topological polar surface area (TPSA) is 66.9 Å². The number of nitrogens with one attached hydrogen (secondary N) is 2. The van der Waals surface area contributed by atoms with Gasteiger partial charge in [0.05, 0.1) is 5.69 Å². The van der Waals surface area contributed by atoms with Gasteiger partial charge in [-0.25, -0.2) is 14.4 Å². The van der Waals surface area contributed by atoms with Crippen LogP contribution in [0.3, 0.4) is 0 Å². The van der Waals surface area contributed by atoms with Crippen molar-refractivity contribution in [1.82, 2.24) is 9.97 Å². The Morgan fingerprint density at radius 1 is 1.04 bits per heavy atom. The molecule has 0 spiro atoms. The fraction of sp³-hybridized carbons (Fsp3) is 0. The molecule has 120 valence electrons. The van der Waals surface area contributed by atoms with Crippen molar-refractivity contribution in [2.45, 2.75) is 0 Å². The summed E-state index contributed by atoms with van der Waals surface area (Å²) < 4.78 is 13.7. The second-order valence-corrected chi connectivity index (χ2v) is 5.69. The first-order valence-corrected chi connectivity index (χ1v) is 7.82. The van der Waals surface area contributed by atoms with Crippen molar-refractivity contribution in [2.24, 2.45) is 0 Å². The third-order valence-corrected chi connectivity index (χ3v) is 3.80. The van der Waals surface area contributed by atoms with Crippen molar-refractivity contribution >= 4 is 39.2 Å². The van der Waals surface area contributed by atoms with E-state index in [2.05, 4.69) is 36.5 Å². The lowest BCUT2D eigenvalue weighted by Gasteiger charge is -2.08. The zero-order valence-electron chi connectivity index (χ0n) is 12.3. The lowest BCUT2D eigenvalue weighted by molar-refractivity contribution is 0.102. The number of benzene rings is 2. The van der Waals surface area contributed by atoms with E-state index < -0.39 is 0 Å². The van der Waals surface area contributed by atoms with Gasteiger partial charge in [0.2, 0.25) is 5.95 Å². The molecule has 3 rings (SSSR count). The van der Waals surface area contributed by atoms with Crippen molar-refractivity contribution < 1.29 is 9.18 Å². The summed E-state index contributed by atoms with van der Waals surface area (Å²) in [5.41, 5.74) is 1.49. The average Bonchev–Trinajstić information content (AvgIpc) is 2.59. The molecule has 0 saturated carbocycles. The Kier molecular flexibility index (Phi) is 4.81. The molecule has 24 heavy (non-hydrogen) atoms. The summed E-state index contributed by atoms with van der Waals surface area (Å²) in [7, 11) is 0. The molecule has 0 radical (unpaired) electrons. The predicted octanol–water partition coefficient (Wildman–Crippen LogP) is 4.37. The molecular weight excluding hydrogens is 375 g/mol. The molecule has 0 saturated heterocycles. The summed E-state index contributed by atoms with van der Waals surface area (Å²) in [5.74, 6) is -0.434. The minimum absolute atomic E-state index is 0.213. The van der Waals surface area contributed by atoms with Gasteiger partial charge in [-0.3, -0.25) is 4.79 Å². The minimum atomic E-state index is -0.355. The number of hydrogen-bond donors (Lipinski definition) is 2. The van der Waals surface area contributed by atoms with Crippen LogP contribution in [0.2, 0.25) is 0 Å². The average molecular weight is 387 g/mol. The number of carbonyl (C=O) groups excluding carboxylic acids is 1. The molecule has 1 aromatic heterocycles. The first-order valence-electron chi connectivity index (χ1n) is 7.03. The van der Waals surface area contributed by atoms with Crippen LogP contribution in [0.25, 0.3) is 0 Å². The molecule has 0 aliphatic carbocycles. The van der Waals surface area contributed by atoms with Crippen molar-refractivity contribution in [3.8, 4) is 0 Å². The Hall–Kier alpha value is -2.80. The van der Waals surface area contributed by atoms with E-state index in [1.165, 1.54) is 24.4 Å². The molecular formula is C17H12BrFN4O. The van der Waals surface area contributed by atoms with Crippen LogP contribution in [0.4, 0.5) is 21.7 Å². The van der Waals surface area contributed by atoms with Gasteiger partial charge in [-0.2, -0.15) is 0 Å². The van der Waals surface area contributed by atoms with Crippen molar-refractivity contribution in [1.29, 1.82) is 0 Å². The van der Waals surface area contributed by atoms with Gasteiger partial charge in [0.15, 0.2) is 0 Å². The summed E-state index contributed by atoms with van der Waals surface area (Å²) in [6.45, 7) is 0. The van der Waals surface area contributed by atoms with Gasteiger partial charge < -0.3 is 10.6 Å². The van der Waals surface area contributed by atoms with Gasteiger partial charge in [-0.05, 0) is 58.4 Å². The van der Waals surface area contributed by atoms with Crippen LogP contribution in [0, 0.1) is 5.82 Å². The van der Waals surface area contributed by atoms with E-state index in [1.54, 1.807) is 18.2 Å². The maximum Gasteiger partial charge on any atom is 0.274 e. The lowest BCUT2D eigenvalue weighted by atomic mass is 10.3. The Bertz CT molecular complexity index is 870. The Morgan fingerprint density at radius 2 is 1.79 bits per heavy atom. The van der Waals surface area contributed by atoms with Crippen LogP contribution in [0.15, 0.2) is 65.3 Å². The Labute approximate surface area is 146 Å². The second-order valence-electron chi connectivity index (χ2n) is 4.83. The molecule has 2 N–H and O–H groups in total. The number of anilines is 3. The van der Waals surface area contributed by atoms with E-state index in [0.717, 1.165) is 4.47 Å². The van der Waals surface area contributed by atoms with Crippen LogP contribution in [-0.4, -0.2) is 15.9 Å². The molecule has 0 atom stereocenters. The second kappa shape index (κ2) is 7.18. The highest BCUT2D eigenvalue weighted by Crippen LogP contribution is 2.22.